The first kappa shape index (κ1) is 19.0. The number of anilines is 2. The molecular weight excluding hydrogens is 377 g/mol. The van der Waals surface area contributed by atoms with Gasteiger partial charge in [0.1, 0.15) is 19.0 Å². The van der Waals surface area contributed by atoms with Gasteiger partial charge in [-0.15, -0.1) is 0 Å². The van der Waals surface area contributed by atoms with Crippen LogP contribution in [0.15, 0.2) is 30.3 Å². The van der Waals surface area contributed by atoms with E-state index in [4.69, 9.17) is 9.47 Å². The second kappa shape index (κ2) is 7.98. The molecule has 2 aliphatic heterocycles. The SMILES string of the molecule is Cc1cc(F)c2c(c1)CCCN2CC(=O)NC(=O)Nc1ccc2c(c1)OCCO2. The molecule has 0 atom stereocenters. The first-order chi connectivity index (χ1) is 14.0. The molecule has 0 unspecified atom stereocenters. The van der Waals surface area contributed by atoms with E-state index >= 15 is 0 Å². The van der Waals surface area contributed by atoms with Crippen molar-refractivity contribution in [1.29, 1.82) is 0 Å². The van der Waals surface area contributed by atoms with Gasteiger partial charge in [-0.3, -0.25) is 10.1 Å². The number of urea groups is 1. The number of nitrogens with zero attached hydrogens (tertiary/aromatic N) is 1. The van der Waals surface area contributed by atoms with Crippen molar-refractivity contribution in [2.24, 2.45) is 0 Å². The standard InChI is InChI=1S/C21H22FN3O4/c1-13-9-14-3-2-6-25(20(14)16(22)10-13)12-19(26)24-21(27)23-15-4-5-17-18(11-15)29-8-7-28-17/h4-5,9-11H,2-3,6-8,12H2,1H3,(H2,23,24,26,27). The van der Waals surface area contributed by atoms with Crippen LogP contribution in [0.2, 0.25) is 0 Å². The molecular formula is C21H22FN3O4. The number of hydrogen-bond acceptors (Lipinski definition) is 5. The van der Waals surface area contributed by atoms with Gasteiger partial charge in [-0.05, 0) is 49.1 Å². The topological polar surface area (TPSA) is 79.9 Å². The minimum absolute atomic E-state index is 0.0957. The molecule has 0 aromatic heterocycles. The van der Waals surface area contributed by atoms with Gasteiger partial charge in [-0.2, -0.15) is 0 Å². The highest BCUT2D eigenvalue weighted by atomic mass is 19.1. The van der Waals surface area contributed by atoms with E-state index in [1.54, 1.807) is 23.1 Å². The van der Waals surface area contributed by atoms with Crippen LogP contribution in [0.3, 0.4) is 0 Å². The number of ether oxygens (including phenoxy) is 2. The van der Waals surface area contributed by atoms with Crippen LogP contribution < -0.4 is 25.0 Å². The zero-order valence-electron chi connectivity index (χ0n) is 16.1. The minimum Gasteiger partial charge on any atom is -0.486 e. The molecule has 0 fully saturated rings. The van der Waals surface area contributed by atoms with E-state index in [2.05, 4.69) is 10.6 Å². The second-order valence-corrected chi connectivity index (χ2v) is 7.14. The van der Waals surface area contributed by atoms with Crippen LogP contribution in [0.25, 0.3) is 0 Å². The molecule has 0 spiro atoms. The Morgan fingerprint density at radius 1 is 1.14 bits per heavy atom. The quantitative estimate of drug-likeness (QED) is 0.830. The molecule has 0 bridgehead atoms. The van der Waals surface area contributed by atoms with Gasteiger partial charge in [-0.1, -0.05) is 6.07 Å². The summed E-state index contributed by atoms with van der Waals surface area (Å²) in [6.45, 7) is 3.23. The van der Waals surface area contributed by atoms with Gasteiger partial charge in [0.25, 0.3) is 0 Å². The molecule has 2 aromatic rings. The lowest BCUT2D eigenvalue weighted by Crippen LogP contribution is -2.43. The van der Waals surface area contributed by atoms with E-state index in [-0.39, 0.29) is 12.4 Å². The van der Waals surface area contributed by atoms with Crippen LogP contribution in [0.1, 0.15) is 17.5 Å². The van der Waals surface area contributed by atoms with Crippen molar-refractivity contribution in [3.05, 3.63) is 47.3 Å². The highest BCUT2D eigenvalue weighted by molar-refractivity contribution is 6.02. The molecule has 0 saturated heterocycles. The Bertz CT molecular complexity index is 963. The van der Waals surface area contributed by atoms with Gasteiger partial charge >= 0.3 is 6.03 Å². The maximum Gasteiger partial charge on any atom is 0.325 e. The fraction of sp³-hybridized carbons (Fsp3) is 0.333. The number of rotatable bonds is 3. The molecule has 0 radical (unpaired) electrons. The number of carbonyl (C=O) groups excluding carboxylic acids is 2. The number of hydrogen-bond donors (Lipinski definition) is 2. The Kier molecular flexibility index (Phi) is 5.24. The Morgan fingerprint density at radius 2 is 1.93 bits per heavy atom. The largest absolute Gasteiger partial charge is 0.486 e. The zero-order chi connectivity index (χ0) is 20.4. The fourth-order valence-corrected chi connectivity index (χ4v) is 3.70. The number of fused-ring (bicyclic) bond motifs is 2. The molecule has 2 aliphatic rings. The Labute approximate surface area is 167 Å². The molecule has 2 heterocycles. The first-order valence-electron chi connectivity index (χ1n) is 9.54. The van der Waals surface area contributed by atoms with E-state index in [9.17, 15) is 14.0 Å². The maximum absolute atomic E-state index is 14.4. The summed E-state index contributed by atoms with van der Waals surface area (Å²) in [4.78, 5) is 26.2. The number of nitrogens with one attached hydrogen (secondary N) is 2. The summed E-state index contributed by atoms with van der Waals surface area (Å²) in [7, 11) is 0. The molecule has 0 aliphatic carbocycles. The first-order valence-corrected chi connectivity index (χ1v) is 9.54. The number of benzene rings is 2. The van der Waals surface area contributed by atoms with Crippen LogP contribution in [0, 0.1) is 12.7 Å². The highest BCUT2D eigenvalue weighted by Gasteiger charge is 2.24. The summed E-state index contributed by atoms with van der Waals surface area (Å²) in [5.74, 6) is 0.302. The average molecular weight is 399 g/mol. The third kappa shape index (κ3) is 4.26. The Balaban J connectivity index is 1.38. The van der Waals surface area contributed by atoms with Gasteiger partial charge < -0.3 is 19.7 Å². The van der Waals surface area contributed by atoms with Gasteiger partial charge in [0.2, 0.25) is 5.91 Å². The van der Waals surface area contributed by atoms with Crippen molar-refractivity contribution in [1.82, 2.24) is 5.32 Å². The number of halogens is 1. The molecule has 0 saturated carbocycles. The smallest absolute Gasteiger partial charge is 0.325 e. The van der Waals surface area contributed by atoms with E-state index in [1.165, 1.54) is 6.07 Å². The number of amides is 3. The monoisotopic (exact) mass is 399 g/mol. The summed E-state index contributed by atoms with van der Waals surface area (Å²) in [5, 5.41) is 4.89. The predicted octanol–water partition coefficient (Wildman–Crippen LogP) is 3.01. The van der Waals surface area contributed by atoms with Crippen LogP contribution in [0.5, 0.6) is 11.5 Å². The van der Waals surface area contributed by atoms with Gasteiger partial charge in [0.15, 0.2) is 11.5 Å². The Morgan fingerprint density at radius 3 is 2.76 bits per heavy atom. The third-order valence-corrected chi connectivity index (χ3v) is 4.86. The van der Waals surface area contributed by atoms with Gasteiger partial charge in [-0.25, -0.2) is 9.18 Å². The Hall–Kier alpha value is -3.29. The summed E-state index contributed by atoms with van der Waals surface area (Å²) >= 11 is 0. The average Bonchev–Trinajstić information content (AvgIpc) is 2.67. The molecule has 3 amide bonds. The summed E-state index contributed by atoms with van der Waals surface area (Å²) in [5.41, 5.74) is 2.67. The van der Waals surface area contributed by atoms with Crippen molar-refractivity contribution in [3.8, 4) is 11.5 Å². The third-order valence-electron chi connectivity index (χ3n) is 4.86. The van der Waals surface area contributed by atoms with E-state index in [0.717, 1.165) is 24.0 Å². The number of aryl methyl sites for hydroxylation is 2. The maximum atomic E-state index is 14.4. The number of carbonyl (C=O) groups is 2. The van der Waals surface area contributed by atoms with Crippen molar-refractivity contribution in [2.45, 2.75) is 19.8 Å². The zero-order valence-corrected chi connectivity index (χ0v) is 16.1. The summed E-state index contributed by atoms with van der Waals surface area (Å²) in [6.07, 6.45) is 1.60. The van der Waals surface area contributed by atoms with Crippen LogP contribution in [-0.2, 0) is 11.2 Å². The lowest BCUT2D eigenvalue weighted by molar-refractivity contribution is -0.118. The normalized spacial score (nSPS) is 14.8. The van der Waals surface area contributed by atoms with Crippen LogP contribution in [0.4, 0.5) is 20.6 Å². The molecule has 8 heteroatoms. The predicted molar refractivity (Wildman–Crippen MR) is 106 cm³/mol. The lowest BCUT2D eigenvalue weighted by atomic mass is 9.99. The van der Waals surface area contributed by atoms with Crippen molar-refractivity contribution >= 4 is 23.3 Å². The summed E-state index contributed by atoms with van der Waals surface area (Å²) in [6, 6.07) is 7.74. The minimum atomic E-state index is -0.659. The van der Waals surface area contributed by atoms with Crippen molar-refractivity contribution in [2.75, 3.05) is 36.5 Å². The lowest BCUT2D eigenvalue weighted by Gasteiger charge is -2.31. The van der Waals surface area contributed by atoms with E-state index in [1.807, 2.05) is 13.0 Å². The molecule has 2 aromatic carbocycles. The van der Waals surface area contributed by atoms with E-state index < -0.39 is 11.9 Å². The van der Waals surface area contributed by atoms with Gasteiger partial charge in [0.05, 0.1) is 12.2 Å². The van der Waals surface area contributed by atoms with Crippen molar-refractivity contribution < 1.29 is 23.5 Å². The number of imide groups is 1. The van der Waals surface area contributed by atoms with E-state index in [0.29, 0.717) is 42.6 Å². The molecule has 29 heavy (non-hydrogen) atoms. The summed E-state index contributed by atoms with van der Waals surface area (Å²) < 4.78 is 25.4. The van der Waals surface area contributed by atoms with Gasteiger partial charge in [0, 0.05) is 18.3 Å². The van der Waals surface area contributed by atoms with Crippen LogP contribution in [-0.4, -0.2) is 38.2 Å². The molecule has 2 N–H and O–H groups in total. The molecule has 7 nitrogen and oxygen atoms in total. The fourth-order valence-electron chi connectivity index (χ4n) is 3.70. The second-order valence-electron chi connectivity index (χ2n) is 7.14. The molecule has 152 valence electrons. The highest BCUT2D eigenvalue weighted by Crippen LogP contribution is 2.33. The van der Waals surface area contributed by atoms with Crippen molar-refractivity contribution in [3.63, 3.8) is 0 Å². The molecule has 4 rings (SSSR count). The van der Waals surface area contributed by atoms with Crippen LogP contribution >= 0.6 is 0 Å².